The molecule has 0 spiro atoms. The molecule has 2 unspecified atom stereocenters. The third-order valence-corrected chi connectivity index (χ3v) is 8.46. The minimum Gasteiger partial charge on any atom is -0.444 e. The number of amides is 3. The number of fused-ring (bicyclic) bond motifs is 2. The molecule has 0 radical (unpaired) electrons. The summed E-state index contributed by atoms with van der Waals surface area (Å²) in [5.41, 5.74) is 1.58. The summed E-state index contributed by atoms with van der Waals surface area (Å²) >= 11 is 7.52. The number of hydrogen-bond acceptors (Lipinski definition) is 7. The van der Waals surface area contributed by atoms with E-state index in [1.54, 1.807) is 18.2 Å². The van der Waals surface area contributed by atoms with Gasteiger partial charge in [-0.1, -0.05) is 11.6 Å². The first-order valence-corrected chi connectivity index (χ1v) is 14.7. The molecule has 40 heavy (non-hydrogen) atoms. The van der Waals surface area contributed by atoms with Crippen LogP contribution in [0.3, 0.4) is 0 Å². The van der Waals surface area contributed by atoms with Gasteiger partial charge in [-0.05, 0) is 71.3 Å². The van der Waals surface area contributed by atoms with E-state index in [2.05, 4.69) is 37.9 Å². The zero-order valence-electron chi connectivity index (χ0n) is 23.1. The number of hydrogen-bond donors (Lipinski definition) is 4. The highest BCUT2D eigenvalue weighted by molar-refractivity contribution is 7.13. The Balaban J connectivity index is 1.31. The quantitative estimate of drug-likeness (QED) is 0.354. The number of nitrogens with zero attached hydrogens (tertiary/aromatic N) is 2. The minimum atomic E-state index is -0.620. The Morgan fingerprint density at radius 2 is 1.88 bits per heavy atom. The van der Waals surface area contributed by atoms with Crippen LogP contribution in [0.5, 0.6) is 0 Å². The summed E-state index contributed by atoms with van der Waals surface area (Å²) in [6.07, 6.45) is 1.93. The molecule has 0 bridgehead atoms. The largest absolute Gasteiger partial charge is 0.444 e. The second kappa shape index (κ2) is 11.4. The Labute approximate surface area is 242 Å². The monoisotopic (exact) mass is 586 g/mol. The van der Waals surface area contributed by atoms with E-state index in [4.69, 9.17) is 16.3 Å². The van der Waals surface area contributed by atoms with Crippen LogP contribution in [0.1, 0.15) is 70.9 Å². The number of thiazole rings is 1. The molecule has 0 saturated heterocycles. The molecule has 3 atom stereocenters. The summed E-state index contributed by atoms with van der Waals surface area (Å²) in [6.45, 7) is 7.12. The Hall–Kier alpha value is -3.15. The van der Waals surface area contributed by atoms with Crippen LogP contribution >= 0.6 is 22.9 Å². The van der Waals surface area contributed by atoms with Crippen molar-refractivity contribution in [2.24, 2.45) is 0 Å². The Kier molecular flexibility index (Phi) is 8.08. The van der Waals surface area contributed by atoms with E-state index in [0.29, 0.717) is 35.0 Å². The van der Waals surface area contributed by atoms with Gasteiger partial charge in [-0.2, -0.15) is 0 Å². The van der Waals surface area contributed by atoms with Gasteiger partial charge in [0.05, 0.1) is 11.7 Å². The van der Waals surface area contributed by atoms with Gasteiger partial charge < -0.3 is 30.6 Å². The van der Waals surface area contributed by atoms with Crippen LogP contribution in [0.15, 0.2) is 24.3 Å². The minimum absolute atomic E-state index is 0.221. The molecule has 12 heteroatoms. The van der Waals surface area contributed by atoms with Crippen molar-refractivity contribution in [1.29, 1.82) is 0 Å². The molecule has 4 N–H and O–H groups in total. The van der Waals surface area contributed by atoms with Gasteiger partial charge in [0.25, 0.3) is 11.8 Å². The molecule has 10 nitrogen and oxygen atoms in total. The third kappa shape index (κ3) is 6.76. The number of aromatic nitrogens is 2. The maximum Gasteiger partial charge on any atom is 0.407 e. The fourth-order valence-corrected chi connectivity index (χ4v) is 6.50. The molecule has 1 fully saturated rings. The van der Waals surface area contributed by atoms with Crippen LogP contribution in [0.2, 0.25) is 5.02 Å². The number of rotatable bonds is 5. The van der Waals surface area contributed by atoms with Gasteiger partial charge >= 0.3 is 6.09 Å². The highest BCUT2D eigenvalue weighted by atomic mass is 35.5. The summed E-state index contributed by atoms with van der Waals surface area (Å²) in [5.74, 6) is -0.549. The maximum atomic E-state index is 13.4. The Morgan fingerprint density at radius 1 is 1.10 bits per heavy atom. The molecule has 1 aliphatic heterocycles. The van der Waals surface area contributed by atoms with Crippen LogP contribution in [0.25, 0.3) is 10.9 Å². The second-order valence-electron chi connectivity index (χ2n) is 11.6. The fourth-order valence-electron chi connectivity index (χ4n) is 5.23. The standard InChI is InChI=1S/C28H35ClN6O4S/c1-28(2,3)39-27(38)30-17-6-8-19(32-24(36)22-12-15-11-16(29)5-7-18(15)31-22)21(13-17)33-25(37)26-34-20-9-10-35(4)14-23(20)40-26/h5,7,11-12,17,19,21,31H,6,8-10,13-14H2,1-4H3,(H,30,38)(H,32,36)(H,33,37)/t17?,19?,21-/m0/s1. The lowest BCUT2D eigenvalue weighted by Crippen LogP contribution is -2.58. The predicted octanol–water partition coefficient (Wildman–Crippen LogP) is 4.24. The molecule has 3 heterocycles. The van der Waals surface area contributed by atoms with Crippen molar-refractivity contribution >= 4 is 51.7 Å². The van der Waals surface area contributed by atoms with Crippen molar-refractivity contribution in [2.75, 3.05) is 13.6 Å². The van der Waals surface area contributed by atoms with Gasteiger partial charge in [-0.15, -0.1) is 11.3 Å². The molecule has 214 valence electrons. The number of halogens is 1. The smallest absolute Gasteiger partial charge is 0.407 e. The van der Waals surface area contributed by atoms with E-state index in [-0.39, 0.29) is 23.9 Å². The van der Waals surface area contributed by atoms with E-state index in [9.17, 15) is 14.4 Å². The Morgan fingerprint density at radius 3 is 2.65 bits per heavy atom. The SMILES string of the molecule is CN1CCc2nc(C(=O)N[C@H]3CC(NC(=O)OC(C)(C)C)CCC3NC(=O)c3cc4cc(Cl)ccc4[nH]3)sc2C1. The van der Waals surface area contributed by atoms with Crippen LogP contribution < -0.4 is 16.0 Å². The second-order valence-corrected chi connectivity index (χ2v) is 13.1. The molecule has 2 aliphatic rings. The van der Waals surface area contributed by atoms with Crippen molar-refractivity contribution in [3.8, 4) is 0 Å². The van der Waals surface area contributed by atoms with E-state index in [1.165, 1.54) is 11.3 Å². The van der Waals surface area contributed by atoms with Gasteiger partial charge in [0.1, 0.15) is 11.3 Å². The zero-order valence-corrected chi connectivity index (χ0v) is 24.7. The number of carbonyl (C=O) groups excluding carboxylic acids is 3. The maximum absolute atomic E-state index is 13.4. The average molecular weight is 587 g/mol. The van der Waals surface area contributed by atoms with Crippen molar-refractivity contribution in [3.63, 3.8) is 0 Å². The summed E-state index contributed by atoms with van der Waals surface area (Å²) in [4.78, 5) is 50.1. The lowest BCUT2D eigenvalue weighted by atomic mass is 9.86. The first-order chi connectivity index (χ1) is 18.9. The topological polar surface area (TPSA) is 128 Å². The number of carbonyl (C=O) groups is 3. The summed E-state index contributed by atoms with van der Waals surface area (Å²) in [6, 6.07) is 6.17. The van der Waals surface area contributed by atoms with Crippen LogP contribution in [-0.4, -0.2) is 70.1 Å². The molecular weight excluding hydrogens is 552 g/mol. The Bertz CT molecular complexity index is 1430. The number of aromatic amines is 1. The van der Waals surface area contributed by atoms with E-state index in [0.717, 1.165) is 41.0 Å². The average Bonchev–Trinajstić information content (AvgIpc) is 3.48. The van der Waals surface area contributed by atoms with Gasteiger partial charge in [-0.3, -0.25) is 9.59 Å². The van der Waals surface area contributed by atoms with E-state index < -0.39 is 17.7 Å². The summed E-state index contributed by atoms with van der Waals surface area (Å²) < 4.78 is 5.43. The van der Waals surface area contributed by atoms with Gasteiger partial charge in [0.15, 0.2) is 5.01 Å². The van der Waals surface area contributed by atoms with Crippen molar-refractivity contribution < 1.29 is 19.1 Å². The van der Waals surface area contributed by atoms with Gasteiger partial charge in [0, 0.05) is 52.4 Å². The lowest BCUT2D eigenvalue weighted by molar-refractivity contribution is 0.0480. The van der Waals surface area contributed by atoms with E-state index in [1.807, 2.05) is 26.8 Å². The van der Waals surface area contributed by atoms with Crippen molar-refractivity contribution in [1.82, 2.24) is 30.8 Å². The zero-order chi connectivity index (χ0) is 28.6. The number of nitrogens with one attached hydrogen (secondary N) is 4. The van der Waals surface area contributed by atoms with E-state index >= 15 is 0 Å². The third-order valence-electron chi connectivity index (χ3n) is 7.15. The molecule has 2 aromatic heterocycles. The number of ether oxygens (including phenoxy) is 1. The predicted molar refractivity (Wildman–Crippen MR) is 155 cm³/mol. The summed E-state index contributed by atoms with van der Waals surface area (Å²) in [7, 11) is 2.05. The molecule has 5 rings (SSSR count). The van der Waals surface area contributed by atoms with Gasteiger partial charge in [-0.25, -0.2) is 9.78 Å². The molecule has 1 aromatic carbocycles. The number of alkyl carbamates (subject to hydrolysis) is 1. The molecule has 1 aliphatic carbocycles. The number of H-pyrrole nitrogens is 1. The normalized spacial score (nSPS) is 21.5. The van der Waals surface area contributed by atoms with Gasteiger partial charge in [0.2, 0.25) is 0 Å². The highest BCUT2D eigenvalue weighted by Crippen LogP contribution is 2.26. The van der Waals surface area contributed by atoms with Crippen LogP contribution in [0.4, 0.5) is 4.79 Å². The lowest BCUT2D eigenvalue weighted by Gasteiger charge is -2.37. The number of benzene rings is 1. The van der Waals surface area contributed by atoms with Crippen molar-refractivity contribution in [3.05, 3.63) is 50.6 Å². The van der Waals surface area contributed by atoms with Crippen LogP contribution in [0, 0.1) is 0 Å². The molecule has 3 aromatic rings. The first kappa shape index (κ1) is 28.4. The summed E-state index contributed by atoms with van der Waals surface area (Å²) in [5, 5.41) is 11.0. The first-order valence-electron chi connectivity index (χ1n) is 13.5. The van der Waals surface area contributed by atoms with Crippen LogP contribution in [-0.2, 0) is 17.7 Å². The highest BCUT2D eigenvalue weighted by Gasteiger charge is 2.35. The molecule has 3 amide bonds. The van der Waals surface area contributed by atoms with Crippen molar-refractivity contribution in [2.45, 2.75) is 76.7 Å². The fraction of sp³-hybridized carbons (Fsp3) is 0.500. The number of likely N-dealkylation sites (N-methyl/N-ethyl adjacent to an activating group) is 1. The molecular formula is C28H35ClN6O4S. The molecule has 1 saturated carbocycles.